The third-order valence-electron chi connectivity index (χ3n) is 7.09. The molecule has 4 aromatic carbocycles. The van der Waals surface area contributed by atoms with Crippen LogP contribution in [0.3, 0.4) is 0 Å². The van der Waals surface area contributed by atoms with Crippen LogP contribution < -0.4 is 0 Å². The van der Waals surface area contributed by atoms with Gasteiger partial charge in [0.2, 0.25) is 6.29 Å². The van der Waals surface area contributed by atoms with Crippen LogP contribution in [0.25, 0.3) is 0 Å². The number of hydrogen-bond acceptors (Lipinski definition) is 8. The zero-order valence-electron chi connectivity index (χ0n) is 24.5. The smallest absolute Gasteiger partial charge is 0.338 e. The Morgan fingerprint density at radius 1 is 0.591 bits per heavy atom. The van der Waals surface area contributed by atoms with Crippen molar-refractivity contribution in [3.63, 3.8) is 0 Å². The second-order valence-electron chi connectivity index (χ2n) is 10.4. The van der Waals surface area contributed by atoms with Crippen LogP contribution in [0, 0.1) is 0 Å². The van der Waals surface area contributed by atoms with E-state index in [2.05, 4.69) is 0 Å². The van der Waals surface area contributed by atoms with Crippen LogP contribution in [0.5, 0.6) is 0 Å². The number of rotatable bonds is 13. The van der Waals surface area contributed by atoms with E-state index in [1.54, 1.807) is 30.3 Å². The molecule has 1 fully saturated rings. The van der Waals surface area contributed by atoms with E-state index < -0.39 is 42.6 Å². The number of hydrogen-bond donors (Lipinski definition) is 0. The highest BCUT2D eigenvalue weighted by atomic mass is 16.7. The maximum Gasteiger partial charge on any atom is 0.338 e. The fourth-order valence-electron chi connectivity index (χ4n) is 4.95. The molecule has 4 aromatic rings. The van der Waals surface area contributed by atoms with Gasteiger partial charge in [0.05, 0.1) is 32.0 Å². The number of benzene rings is 4. The van der Waals surface area contributed by atoms with Crippen LogP contribution in [0.1, 0.15) is 34.0 Å². The molecule has 8 nitrogen and oxygen atoms in total. The molecular weight excluding hydrogens is 560 g/mol. The summed E-state index contributed by atoms with van der Waals surface area (Å²) in [7, 11) is 0. The van der Waals surface area contributed by atoms with Gasteiger partial charge in [-0.05, 0) is 28.8 Å². The van der Waals surface area contributed by atoms with Crippen molar-refractivity contribution in [3.05, 3.63) is 144 Å². The molecule has 0 bridgehead atoms. The summed E-state index contributed by atoms with van der Waals surface area (Å²) in [5, 5.41) is 0. The van der Waals surface area contributed by atoms with E-state index in [4.69, 9.17) is 28.4 Å². The minimum absolute atomic E-state index is 0.108. The van der Waals surface area contributed by atoms with Crippen molar-refractivity contribution >= 4 is 11.9 Å². The summed E-state index contributed by atoms with van der Waals surface area (Å²) in [5.41, 5.74) is 3.19. The summed E-state index contributed by atoms with van der Waals surface area (Å²) in [4.78, 5) is 25.6. The highest BCUT2D eigenvalue weighted by Crippen LogP contribution is 2.31. The molecule has 5 rings (SSSR count). The summed E-state index contributed by atoms with van der Waals surface area (Å²) in [6.07, 6.45) is -4.76. The van der Waals surface area contributed by atoms with Gasteiger partial charge in [0.1, 0.15) is 18.3 Å². The van der Waals surface area contributed by atoms with Crippen molar-refractivity contribution in [2.45, 2.75) is 57.5 Å². The van der Waals surface area contributed by atoms with Gasteiger partial charge in [-0.2, -0.15) is 0 Å². The van der Waals surface area contributed by atoms with Gasteiger partial charge in [-0.15, -0.1) is 0 Å². The quantitative estimate of drug-likeness (QED) is 0.177. The monoisotopic (exact) mass is 596 g/mol. The molecule has 0 saturated carbocycles. The van der Waals surface area contributed by atoms with E-state index in [-0.39, 0.29) is 19.8 Å². The molecule has 44 heavy (non-hydrogen) atoms. The first-order valence-electron chi connectivity index (χ1n) is 14.6. The lowest BCUT2D eigenvalue weighted by Crippen LogP contribution is -2.62. The summed E-state index contributed by atoms with van der Waals surface area (Å²) < 4.78 is 37.0. The van der Waals surface area contributed by atoms with Crippen LogP contribution in [-0.4, -0.2) is 49.3 Å². The average Bonchev–Trinajstić information content (AvgIpc) is 3.06. The van der Waals surface area contributed by atoms with Crippen molar-refractivity contribution in [2.24, 2.45) is 0 Å². The third kappa shape index (κ3) is 8.84. The van der Waals surface area contributed by atoms with E-state index in [1.165, 1.54) is 6.92 Å². The number of carbonyl (C=O) groups is 2. The van der Waals surface area contributed by atoms with Gasteiger partial charge in [0, 0.05) is 6.92 Å². The largest absolute Gasteiger partial charge is 0.449 e. The Labute approximate surface area is 257 Å². The molecule has 0 spiro atoms. The summed E-state index contributed by atoms with van der Waals surface area (Å²) in [5.74, 6) is -1.20. The Morgan fingerprint density at radius 2 is 1.07 bits per heavy atom. The maximum absolute atomic E-state index is 13.3. The topological polar surface area (TPSA) is 89.5 Å². The Morgan fingerprint density at radius 3 is 1.59 bits per heavy atom. The van der Waals surface area contributed by atoms with Crippen molar-refractivity contribution in [1.82, 2.24) is 0 Å². The van der Waals surface area contributed by atoms with Gasteiger partial charge >= 0.3 is 11.9 Å². The zero-order valence-corrected chi connectivity index (χ0v) is 24.5. The molecule has 0 aromatic heterocycles. The fraction of sp³-hybridized carbons (Fsp3) is 0.278. The van der Waals surface area contributed by atoms with Crippen LogP contribution in [-0.2, 0) is 53.0 Å². The summed E-state index contributed by atoms with van der Waals surface area (Å²) in [6.45, 7) is 2.16. The molecule has 1 aliphatic heterocycles. The van der Waals surface area contributed by atoms with E-state index in [0.717, 1.165) is 16.7 Å². The van der Waals surface area contributed by atoms with Crippen LogP contribution in [0.2, 0.25) is 0 Å². The SMILES string of the molecule is CC(=O)OC1OC(COCc2ccccc2)C(OCc2ccccc2)C(OCc2ccccc2)C1OC(=O)c1ccccc1. The third-order valence-corrected chi connectivity index (χ3v) is 7.09. The molecule has 5 unspecified atom stereocenters. The summed E-state index contributed by atoms with van der Waals surface area (Å²) in [6, 6.07) is 37.7. The van der Waals surface area contributed by atoms with E-state index in [0.29, 0.717) is 12.2 Å². The maximum atomic E-state index is 13.3. The standard InChI is InChI=1S/C36H36O8/c1-26(37)42-36-34(44-35(38)30-20-12-5-13-21-30)33(41-24-29-18-10-4-11-19-29)32(40-23-28-16-8-3-9-17-28)31(43-36)25-39-22-27-14-6-2-7-15-27/h2-21,31-34,36H,22-25H2,1H3. The molecule has 5 atom stereocenters. The van der Waals surface area contributed by atoms with Gasteiger partial charge in [-0.1, -0.05) is 109 Å². The molecule has 0 radical (unpaired) electrons. The first-order valence-corrected chi connectivity index (χ1v) is 14.6. The van der Waals surface area contributed by atoms with Crippen molar-refractivity contribution < 1.29 is 38.0 Å². The highest BCUT2D eigenvalue weighted by molar-refractivity contribution is 5.89. The molecule has 1 aliphatic rings. The molecule has 0 N–H and O–H groups in total. The number of carbonyl (C=O) groups excluding carboxylic acids is 2. The Hall–Kier alpha value is -4.34. The van der Waals surface area contributed by atoms with Gasteiger partial charge in [0.25, 0.3) is 0 Å². The molecule has 0 amide bonds. The summed E-state index contributed by atoms with van der Waals surface area (Å²) >= 11 is 0. The lowest BCUT2D eigenvalue weighted by atomic mass is 9.97. The Balaban J connectivity index is 1.45. The second kappa shape index (κ2) is 15.9. The zero-order chi connectivity index (χ0) is 30.6. The second-order valence-corrected chi connectivity index (χ2v) is 10.4. The van der Waals surface area contributed by atoms with Gasteiger partial charge in [-0.25, -0.2) is 4.79 Å². The van der Waals surface area contributed by atoms with Crippen LogP contribution in [0.4, 0.5) is 0 Å². The van der Waals surface area contributed by atoms with E-state index >= 15 is 0 Å². The Kier molecular flexibility index (Phi) is 11.3. The molecule has 0 aliphatic carbocycles. The van der Waals surface area contributed by atoms with Gasteiger partial charge in [-0.3, -0.25) is 4.79 Å². The minimum Gasteiger partial charge on any atom is -0.449 e. The minimum atomic E-state index is -1.26. The normalized spacial score (nSPS) is 21.3. The van der Waals surface area contributed by atoms with Gasteiger partial charge < -0.3 is 28.4 Å². The average molecular weight is 597 g/mol. The Bertz CT molecular complexity index is 1430. The molecule has 1 saturated heterocycles. The molecule has 1 heterocycles. The van der Waals surface area contributed by atoms with Crippen LogP contribution in [0.15, 0.2) is 121 Å². The predicted octanol–water partition coefficient (Wildman–Crippen LogP) is 5.89. The lowest BCUT2D eigenvalue weighted by molar-refractivity contribution is -0.309. The molecule has 8 heteroatoms. The lowest BCUT2D eigenvalue weighted by Gasteiger charge is -2.45. The van der Waals surface area contributed by atoms with Crippen molar-refractivity contribution in [2.75, 3.05) is 6.61 Å². The fourth-order valence-corrected chi connectivity index (χ4v) is 4.95. The number of esters is 2. The molecule has 228 valence electrons. The predicted molar refractivity (Wildman–Crippen MR) is 162 cm³/mol. The first kappa shape index (κ1) is 31.1. The van der Waals surface area contributed by atoms with Gasteiger partial charge in [0.15, 0.2) is 6.10 Å². The first-order chi connectivity index (χ1) is 21.6. The van der Waals surface area contributed by atoms with Crippen LogP contribution >= 0.6 is 0 Å². The molecular formula is C36H36O8. The van der Waals surface area contributed by atoms with Crippen molar-refractivity contribution in [1.29, 1.82) is 0 Å². The number of ether oxygens (including phenoxy) is 6. The van der Waals surface area contributed by atoms with Crippen molar-refractivity contribution in [3.8, 4) is 0 Å². The highest BCUT2D eigenvalue weighted by Gasteiger charge is 2.51. The van der Waals surface area contributed by atoms with E-state index in [9.17, 15) is 9.59 Å². The van der Waals surface area contributed by atoms with E-state index in [1.807, 2.05) is 91.0 Å².